The lowest BCUT2D eigenvalue weighted by Crippen LogP contribution is -2.45. The summed E-state index contributed by atoms with van der Waals surface area (Å²) >= 11 is 6.36. The molecule has 0 saturated carbocycles. The largest absolute Gasteiger partial charge is 0.340 e. The summed E-state index contributed by atoms with van der Waals surface area (Å²) in [4.78, 5) is 26.7. The molecule has 4 aromatic rings. The maximum Gasteiger partial charge on any atom is 0.251 e. The number of carbonyl (C=O) groups excluding carboxylic acids is 2. The summed E-state index contributed by atoms with van der Waals surface area (Å²) in [5.74, 6) is -0.866. The smallest absolute Gasteiger partial charge is 0.251 e. The number of hydrogen-bond acceptors (Lipinski definition) is 4. The number of benzene rings is 4. The van der Waals surface area contributed by atoms with Crippen molar-refractivity contribution in [3.8, 4) is 0 Å². The van der Waals surface area contributed by atoms with E-state index in [-0.39, 0.29) is 11.3 Å². The number of fused-ring (bicyclic) bond motifs is 1. The SMILES string of the molecule is CC(C)(C)NS(=O)(=O)c1cccc2c(NC(=O)C(Cc3ccccc3Cl)NC(=O)c3ccccc3)cccc12. The lowest BCUT2D eigenvalue weighted by Gasteiger charge is -2.22. The lowest BCUT2D eigenvalue weighted by molar-refractivity contribution is -0.118. The third-order valence-electron chi connectivity index (χ3n) is 5.91. The van der Waals surface area contributed by atoms with Crippen molar-refractivity contribution in [2.45, 2.75) is 43.7 Å². The Morgan fingerprint density at radius 2 is 1.46 bits per heavy atom. The van der Waals surface area contributed by atoms with Crippen LogP contribution < -0.4 is 15.4 Å². The summed E-state index contributed by atoms with van der Waals surface area (Å²) in [6, 6.07) is 24.8. The van der Waals surface area contributed by atoms with E-state index in [9.17, 15) is 18.0 Å². The molecule has 0 aliphatic rings. The van der Waals surface area contributed by atoms with Crippen molar-refractivity contribution in [3.63, 3.8) is 0 Å². The van der Waals surface area contributed by atoms with Gasteiger partial charge in [0.2, 0.25) is 15.9 Å². The van der Waals surface area contributed by atoms with Crippen LogP contribution in [0.5, 0.6) is 0 Å². The standard InChI is InChI=1S/C30H30ClN3O4S/c1-30(2,3)34-39(37,38)27-18-10-14-22-23(27)15-9-17-25(22)32-29(36)26(19-21-13-7-8-16-24(21)31)33-28(35)20-11-5-4-6-12-20/h4-18,26,34H,19H2,1-3H3,(H,32,36)(H,33,35). The molecule has 4 rings (SSSR count). The number of carbonyl (C=O) groups is 2. The molecule has 4 aromatic carbocycles. The minimum atomic E-state index is -3.83. The molecule has 1 unspecified atom stereocenters. The van der Waals surface area contributed by atoms with Gasteiger partial charge in [-0.1, -0.05) is 72.3 Å². The Morgan fingerprint density at radius 1 is 0.821 bits per heavy atom. The molecule has 0 aliphatic heterocycles. The summed E-state index contributed by atoms with van der Waals surface area (Å²) in [7, 11) is -3.83. The minimum absolute atomic E-state index is 0.107. The van der Waals surface area contributed by atoms with E-state index in [0.29, 0.717) is 32.6 Å². The quantitative estimate of drug-likeness (QED) is 0.261. The molecule has 1 atom stereocenters. The molecule has 0 aliphatic carbocycles. The highest BCUT2D eigenvalue weighted by Crippen LogP contribution is 2.30. The molecule has 0 radical (unpaired) electrons. The van der Waals surface area contributed by atoms with Gasteiger partial charge >= 0.3 is 0 Å². The van der Waals surface area contributed by atoms with Gasteiger partial charge in [0, 0.05) is 39.0 Å². The van der Waals surface area contributed by atoms with E-state index in [1.54, 1.807) is 99.6 Å². The fourth-order valence-corrected chi connectivity index (χ4v) is 6.08. The molecule has 3 N–H and O–H groups in total. The zero-order chi connectivity index (χ0) is 28.2. The average molecular weight is 564 g/mol. The normalized spacial score (nSPS) is 12.6. The first-order chi connectivity index (χ1) is 18.4. The Hall–Kier alpha value is -3.72. The summed E-state index contributed by atoms with van der Waals surface area (Å²) in [6.45, 7) is 5.30. The van der Waals surface area contributed by atoms with E-state index in [4.69, 9.17) is 11.6 Å². The fraction of sp³-hybridized carbons (Fsp3) is 0.200. The van der Waals surface area contributed by atoms with Gasteiger partial charge < -0.3 is 10.6 Å². The second-order valence-electron chi connectivity index (χ2n) is 10.2. The zero-order valence-electron chi connectivity index (χ0n) is 21.9. The van der Waals surface area contributed by atoms with Crippen molar-refractivity contribution in [2.75, 3.05) is 5.32 Å². The van der Waals surface area contributed by atoms with Crippen molar-refractivity contribution in [1.29, 1.82) is 0 Å². The van der Waals surface area contributed by atoms with Crippen LogP contribution in [0.3, 0.4) is 0 Å². The van der Waals surface area contributed by atoms with Crippen LogP contribution in [-0.4, -0.2) is 31.8 Å². The second kappa shape index (κ2) is 11.6. The van der Waals surface area contributed by atoms with Gasteiger partial charge in [0.1, 0.15) is 6.04 Å². The zero-order valence-corrected chi connectivity index (χ0v) is 23.4. The van der Waals surface area contributed by atoms with E-state index in [0.717, 1.165) is 0 Å². The molecular weight excluding hydrogens is 534 g/mol. The Balaban J connectivity index is 1.68. The molecular formula is C30H30ClN3O4S. The molecule has 9 heteroatoms. The van der Waals surface area contributed by atoms with E-state index in [1.807, 2.05) is 6.07 Å². The summed E-state index contributed by atoms with van der Waals surface area (Å²) in [5.41, 5.74) is 0.867. The van der Waals surface area contributed by atoms with Crippen LogP contribution >= 0.6 is 11.6 Å². The van der Waals surface area contributed by atoms with Crippen LogP contribution in [0.1, 0.15) is 36.7 Å². The van der Waals surface area contributed by atoms with Crippen molar-refractivity contribution in [3.05, 3.63) is 107 Å². The summed E-state index contributed by atoms with van der Waals surface area (Å²) in [5, 5.41) is 7.21. The molecule has 0 saturated heterocycles. The van der Waals surface area contributed by atoms with Crippen molar-refractivity contribution in [1.82, 2.24) is 10.0 Å². The van der Waals surface area contributed by atoms with Gasteiger partial charge in [-0.05, 0) is 56.7 Å². The van der Waals surface area contributed by atoms with Gasteiger partial charge in [0.25, 0.3) is 5.91 Å². The van der Waals surface area contributed by atoms with E-state index in [2.05, 4.69) is 15.4 Å². The van der Waals surface area contributed by atoms with Gasteiger partial charge in [-0.25, -0.2) is 13.1 Å². The number of hydrogen-bond donors (Lipinski definition) is 3. The van der Waals surface area contributed by atoms with Crippen LogP contribution in [0.4, 0.5) is 5.69 Å². The van der Waals surface area contributed by atoms with Crippen molar-refractivity contribution in [2.24, 2.45) is 0 Å². The molecule has 39 heavy (non-hydrogen) atoms. The first-order valence-electron chi connectivity index (χ1n) is 12.4. The van der Waals surface area contributed by atoms with Gasteiger partial charge in [-0.2, -0.15) is 0 Å². The van der Waals surface area contributed by atoms with E-state index < -0.39 is 33.4 Å². The molecule has 0 fully saturated rings. The summed E-state index contributed by atoms with van der Waals surface area (Å²) < 4.78 is 28.9. The fourth-order valence-electron chi connectivity index (χ4n) is 4.23. The lowest BCUT2D eigenvalue weighted by atomic mass is 10.0. The molecule has 2 amide bonds. The number of sulfonamides is 1. The van der Waals surface area contributed by atoms with Crippen molar-refractivity contribution < 1.29 is 18.0 Å². The Labute approximate surface area is 233 Å². The number of amides is 2. The molecule has 7 nitrogen and oxygen atoms in total. The highest BCUT2D eigenvalue weighted by Gasteiger charge is 2.26. The van der Waals surface area contributed by atoms with Gasteiger partial charge in [0.15, 0.2) is 0 Å². The molecule has 0 heterocycles. The van der Waals surface area contributed by atoms with Crippen LogP contribution in [0.25, 0.3) is 10.8 Å². The van der Waals surface area contributed by atoms with E-state index >= 15 is 0 Å². The average Bonchev–Trinajstić information content (AvgIpc) is 2.88. The van der Waals surface area contributed by atoms with Crippen LogP contribution in [-0.2, 0) is 21.2 Å². The van der Waals surface area contributed by atoms with Crippen LogP contribution in [0, 0.1) is 0 Å². The molecule has 0 spiro atoms. The summed E-state index contributed by atoms with van der Waals surface area (Å²) in [6.07, 6.45) is 0.157. The van der Waals surface area contributed by atoms with Crippen LogP contribution in [0.15, 0.2) is 95.9 Å². The third kappa shape index (κ3) is 7.03. The van der Waals surface area contributed by atoms with Gasteiger partial charge in [0.05, 0.1) is 4.90 Å². The molecule has 0 aromatic heterocycles. The first-order valence-corrected chi connectivity index (χ1v) is 14.3. The maximum atomic E-state index is 13.6. The van der Waals surface area contributed by atoms with E-state index in [1.165, 1.54) is 6.07 Å². The predicted octanol–water partition coefficient (Wildman–Crippen LogP) is 5.55. The highest BCUT2D eigenvalue weighted by atomic mass is 35.5. The Kier molecular flexibility index (Phi) is 8.39. The second-order valence-corrected chi connectivity index (χ2v) is 12.2. The first kappa shape index (κ1) is 28.3. The van der Waals surface area contributed by atoms with Crippen molar-refractivity contribution >= 4 is 49.9 Å². The maximum absolute atomic E-state index is 13.6. The minimum Gasteiger partial charge on any atom is -0.340 e. The topological polar surface area (TPSA) is 104 Å². The Morgan fingerprint density at radius 3 is 2.15 bits per heavy atom. The number of rotatable bonds is 8. The molecule has 202 valence electrons. The number of halogens is 1. The van der Waals surface area contributed by atoms with Gasteiger partial charge in [-0.15, -0.1) is 0 Å². The molecule has 0 bridgehead atoms. The van der Waals surface area contributed by atoms with Gasteiger partial charge in [-0.3, -0.25) is 9.59 Å². The number of nitrogens with one attached hydrogen (secondary N) is 3. The van der Waals surface area contributed by atoms with Crippen LogP contribution in [0.2, 0.25) is 5.02 Å². The number of anilines is 1. The highest BCUT2D eigenvalue weighted by molar-refractivity contribution is 7.89. The third-order valence-corrected chi connectivity index (χ3v) is 8.09. The monoisotopic (exact) mass is 563 g/mol. The predicted molar refractivity (Wildman–Crippen MR) is 156 cm³/mol. The Bertz CT molecular complexity index is 1620.